The third kappa shape index (κ3) is 5.70. The van der Waals surface area contributed by atoms with Gasteiger partial charge in [0.25, 0.3) is 0 Å². The number of rotatable bonds is 8. The summed E-state index contributed by atoms with van der Waals surface area (Å²) < 4.78 is 7.90. The molecule has 8 heteroatoms. The normalized spacial score (nSPS) is 14.5. The highest BCUT2D eigenvalue weighted by molar-refractivity contribution is 8.00. The second kappa shape index (κ2) is 11.0. The van der Waals surface area contributed by atoms with E-state index in [1.165, 1.54) is 10.6 Å². The maximum atomic E-state index is 5.83. The third-order valence-electron chi connectivity index (χ3n) is 6.76. The summed E-state index contributed by atoms with van der Waals surface area (Å²) >= 11 is 1.84. The van der Waals surface area contributed by atoms with Gasteiger partial charge in [-0.15, -0.1) is 11.8 Å². The van der Waals surface area contributed by atoms with Gasteiger partial charge in [-0.2, -0.15) is 0 Å². The zero-order valence-electron chi connectivity index (χ0n) is 22.4. The Morgan fingerprint density at radius 3 is 2.54 bits per heavy atom. The monoisotopic (exact) mass is 516 g/mol. The molecule has 7 nitrogen and oxygen atoms in total. The number of piperazine rings is 1. The number of fused-ring (bicyclic) bond motifs is 1. The Hall–Kier alpha value is -3.23. The summed E-state index contributed by atoms with van der Waals surface area (Å²) in [4.78, 5) is 15.9. The number of ether oxygens (including phenoxy) is 1. The fraction of sp³-hybridized carbons (Fsp3) is 0.379. The summed E-state index contributed by atoms with van der Waals surface area (Å²) in [6.45, 7) is 8.62. The van der Waals surface area contributed by atoms with Crippen LogP contribution in [-0.4, -0.2) is 65.0 Å². The summed E-state index contributed by atoms with van der Waals surface area (Å²) in [6, 6.07) is 17.0. The van der Waals surface area contributed by atoms with Crippen molar-refractivity contribution in [3.05, 3.63) is 66.1 Å². The van der Waals surface area contributed by atoms with E-state index < -0.39 is 0 Å². The average Bonchev–Trinajstić information content (AvgIpc) is 3.26. The van der Waals surface area contributed by atoms with Gasteiger partial charge in [-0.05, 0) is 31.3 Å². The fourth-order valence-electron chi connectivity index (χ4n) is 4.77. The molecule has 2 aromatic heterocycles. The van der Waals surface area contributed by atoms with E-state index in [1.807, 2.05) is 31.1 Å². The van der Waals surface area contributed by atoms with Gasteiger partial charge in [0.1, 0.15) is 17.1 Å². The van der Waals surface area contributed by atoms with Crippen LogP contribution in [0.1, 0.15) is 25.2 Å². The van der Waals surface area contributed by atoms with Crippen LogP contribution in [0.3, 0.4) is 0 Å². The van der Waals surface area contributed by atoms with Gasteiger partial charge in [0, 0.05) is 73.3 Å². The van der Waals surface area contributed by atoms with Gasteiger partial charge < -0.3 is 24.4 Å². The molecule has 3 heterocycles. The lowest BCUT2D eigenvalue weighted by Gasteiger charge is -2.34. The summed E-state index contributed by atoms with van der Waals surface area (Å²) in [6.07, 6.45) is 2.63. The molecule has 0 bridgehead atoms. The first kappa shape index (κ1) is 25.4. The molecule has 1 aliphatic rings. The lowest BCUT2D eigenvalue weighted by atomic mass is 10.1. The van der Waals surface area contributed by atoms with E-state index in [2.05, 4.69) is 83.0 Å². The molecule has 1 fully saturated rings. The summed E-state index contributed by atoms with van der Waals surface area (Å²) in [5.41, 5.74) is 5.26. The minimum absolute atomic E-state index is 0.486. The van der Waals surface area contributed by atoms with Gasteiger partial charge in [0.15, 0.2) is 5.82 Å². The van der Waals surface area contributed by atoms with Gasteiger partial charge in [-0.3, -0.25) is 0 Å². The van der Waals surface area contributed by atoms with Crippen molar-refractivity contribution in [2.45, 2.75) is 30.4 Å². The smallest absolute Gasteiger partial charge is 0.158 e. The van der Waals surface area contributed by atoms with Crippen molar-refractivity contribution in [2.24, 2.45) is 7.05 Å². The molecular weight excluding hydrogens is 480 g/mol. The molecule has 194 valence electrons. The molecule has 0 spiro atoms. The number of likely N-dealkylation sites (N-methyl/N-ethyl adjacent to an activating group) is 1. The van der Waals surface area contributed by atoms with Crippen LogP contribution in [0.5, 0.6) is 5.75 Å². The maximum Gasteiger partial charge on any atom is 0.158 e. The van der Waals surface area contributed by atoms with Gasteiger partial charge in [0.05, 0.1) is 18.3 Å². The Labute approximate surface area is 223 Å². The van der Waals surface area contributed by atoms with Crippen LogP contribution in [0.25, 0.3) is 11.0 Å². The number of para-hydroxylation sites is 1. The van der Waals surface area contributed by atoms with Crippen LogP contribution in [0.4, 0.5) is 17.2 Å². The number of thioether (sulfide) groups is 1. The van der Waals surface area contributed by atoms with E-state index in [0.717, 1.165) is 65.9 Å². The predicted octanol–water partition coefficient (Wildman–Crippen LogP) is 5.56. The standard InChI is InChI=1S/C29H36N6OS/c1-20(2)37-26-9-7-6-8-23(26)31-29-28-24(12-13-34(28)4)30-27(32-29)18-21-10-11-22(19-25(21)36-5)35-16-14-33(3)15-17-35/h6-13,19-20H,14-18H2,1-5H3,(H,30,31,32). The van der Waals surface area contributed by atoms with E-state index in [4.69, 9.17) is 14.7 Å². The van der Waals surface area contributed by atoms with Crippen LogP contribution < -0.4 is 15.0 Å². The van der Waals surface area contributed by atoms with Gasteiger partial charge in [-0.1, -0.05) is 32.0 Å². The largest absolute Gasteiger partial charge is 0.496 e. The van der Waals surface area contributed by atoms with Crippen LogP contribution >= 0.6 is 11.8 Å². The number of hydrogen-bond donors (Lipinski definition) is 1. The number of nitrogens with zero attached hydrogens (tertiary/aromatic N) is 5. The average molecular weight is 517 g/mol. The topological polar surface area (TPSA) is 58.5 Å². The first-order valence-corrected chi connectivity index (χ1v) is 13.7. The van der Waals surface area contributed by atoms with E-state index in [0.29, 0.717) is 11.7 Å². The molecule has 0 unspecified atom stereocenters. The molecule has 0 atom stereocenters. The number of aryl methyl sites for hydroxylation is 1. The molecule has 37 heavy (non-hydrogen) atoms. The highest BCUT2D eigenvalue weighted by atomic mass is 32.2. The van der Waals surface area contributed by atoms with Gasteiger partial charge >= 0.3 is 0 Å². The molecule has 0 saturated carbocycles. The van der Waals surface area contributed by atoms with Crippen molar-refractivity contribution in [1.82, 2.24) is 19.4 Å². The molecular formula is C29H36N6OS. The fourth-order valence-corrected chi connectivity index (χ4v) is 5.68. The quantitative estimate of drug-likeness (QED) is 0.308. The van der Waals surface area contributed by atoms with E-state index in [1.54, 1.807) is 7.11 Å². The number of aromatic nitrogens is 3. The van der Waals surface area contributed by atoms with Crippen LogP contribution in [0.15, 0.2) is 59.6 Å². The van der Waals surface area contributed by atoms with Crippen molar-refractivity contribution >= 4 is 40.0 Å². The number of methoxy groups -OCH3 is 1. The van der Waals surface area contributed by atoms with Gasteiger partial charge in [0.2, 0.25) is 0 Å². The molecule has 4 aromatic rings. The van der Waals surface area contributed by atoms with E-state index in [-0.39, 0.29) is 0 Å². The third-order valence-corrected chi connectivity index (χ3v) is 7.84. The summed E-state index contributed by atoms with van der Waals surface area (Å²) in [7, 11) is 5.95. The molecule has 2 aromatic carbocycles. The molecule has 0 radical (unpaired) electrons. The number of hydrogen-bond acceptors (Lipinski definition) is 7. The SMILES string of the molecule is COc1cc(N2CCN(C)CC2)ccc1Cc1nc(Nc2ccccc2SC(C)C)c2c(ccn2C)n1. The molecule has 1 saturated heterocycles. The summed E-state index contributed by atoms with van der Waals surface area (Å²) in [5.74, 6) is 2.46. The highest BCUT2D eigenvalue weighted by Crippen LogP contribution is 2.34. The van der Waals surface area contributed by atoms with E-state index in [9.17, 15) is 0 Å². The minimum Gasteiger partial charge on any atom is -0.496 e. The Bertz CT molecular complexity index is 1380. The number of benzene rings is 2. The highest BCUT2D eigenvalue weighted by Gasteiger charge is 2.18. The second-order valence-corrected chi connectivity index (χ2v) is 11.5. The second-order valence-electron chi connectivity index (χ2n) is 9.90. The van der Waals surface area contributed by atoms with Crippen molar-refractivity contribution in [1.29, 1.82) is 0 Å². The Kier molecular flexibility index (Phi) is 7.58. The van der Waals surface area contributed by atoms with Crippen LogP contribution in [0, 0.1) is 0 Å². The lowest BCUT2D eigenvalue weighted by Crippen LogP contribution is -2.44. The zero-order valence-corrected chi connectivity index (χ0v) is 23.2. The van der Waals surface area contributed by atoms with Gasteiger partial charge in [-0.25, -0.2) is 9.97 Å². The molecule has 5 rings (SSSR count). The Morgan fingerprint density at radius 1 is 1.00 bits per heavy atom. The van der Waals surface area contributed by atoms with Crippen LogP contribution in [-0.2, 0) is 13.5 Å². The summed E-state index contributed by atoms with van der Waals surface area (Å²) in [5, 5.41) is 4.11. The number of nitrogens with one attached hydrogen (secondary N) is 1. The van der Waals surface area contributed by atoms with Crippen molar-refractivity contribution in [3.63, 3.8) is 0 Å². The molecule has 0 amide bonds. The Morgan fingerprint density at radius 2 is 1.78 bits per heavy atom. The van der Waals surface area contributed by atoms with Crippen molar-refractivity contribution in [3.8, 4) is 5.75 Å². The number of anilines is 3. The maximum absolute atomic E-state index is 5.83. The van der Waals surface area contributed by atoms with Crippen molar-refractivity contribution in [2.75, 3.05) is 50.6 Å². The van der Waals surface area contributed by atoms with E-state index >= 15 is 0 Å². The first-order chi connectivity index (χ1) is 17.9. The molecule has 0 aliphatic carbocycles. The predicted molar refractivity (Wildman–Crippen MR) is 155 cm³/mol. The van der Waals surface area contributed by atoms with Crippen LogP contribution in [0.2, 0.25) is 0 Å². The molecule has 1 N–H and O–H groups in total. The minimum atomic E-state index is 0.486. The van der Waals surface area contributed by atoms with Crippen molar-refractivity contribution < 1.29 is 4.74 Å². The lowest BCUT2D eigenvalue weighted by molar-refractivity contribution is 0.312. The Balaban J connectivity index is 1.46. The first-order valence-electron chi connectivity index (χ1n) is 12.9. The zero-order chi connectivity index (χ0) is 25.9. The molecule has 1 aliphatic heterocycles.